The van der Waals surface area contributed by atoms with Crippen molar-refractivity contribution in [3.8, 4) is 0 Å². The number of nitrogens with one attached hydrogen (secondary N) is 1. The molecule has 0 saturated heterocycles. The van der Waals surface area contributed by atoms with E-state index in [4.69, 9.17) is 18.0 Å². The van der Waals surface area contributed by atoms with Gasteiger partial charge in [0.05, 0.1) is 0 Å². The highest BCUT2D eigenvalue weighted by Crippen LogP contribution is 2.22. The van der Waals surface area contributed by atoms with Crippen LogP contribution in [0.3, 0.4) is 0 Å². The summed E-state index contributed by atoms with van der Waals surface area (Å²) in [6.45, 7) is 0. The zero-order valence-electron chi connectivity index (χ0n) is 11.1. The van der Waals surface area contributed by atoms with Crippen molar-refractivity contribution in [3.63, 3.8) is 0 Å². The van der Waals surface area contributed by atoms with Crippen molar-refractivity contribution in [3.05, 3.63) is 52.4 Å². The number of hydrogen-bond acceptors (Lipinski definition) is 5. The molecule has 3 aromatic rings. The summed E-state index contributed by atoms with van der Waals surface area (Å²) in [5.74, 6) is 0.603. The Morgan fingerprint density at radius 2 is 2.19 bits per heavy atom. The van der Waals surface area contributed by atoms with Gasteiger partial charge < -0.3 is 10.6 Å². The average Bonchev–Trinajstić information content (AvgIpc) is 2.87. The highest BCUT2D eigenvalue weighted by Gasteiger charge is 2.09. The molecular formula is C13H12N6OS. The second-order valence-electron chi connectivity index (χ2n) is 4.46. The molecule has 0 aliphatic rings. The number of fused-ring (bicyclic) bond motifs is 1. The van der Waals surface area contributed by atoms with E-state index in [1.807, 2.05) is 36.2 Å². The van der Waals surface area contributed by atoms with Gasteiger partial charge in [-0.3, -0.25) is 0 Å². The molecule has 3 rings (SSSR count). The summed E-state index contributed by atoms with van der Waals surface area (Å²) in [7, 11) is 1.85. The molecule has 21 heavy (non-hydrogen) atoms. The van der Waals surface area contributed by atoms with Gasteiger partial charge in [0.15, 0.2) is 11.5 Å². The van der Waals surface area contributed by atoms with Crippen LogP contribution in [-0.4, -0.2) is 31.8 Å². The Morgan fingerprint density at radius 3 is 2.95 bits per heavy atom. The fraction of sp³-hybridized carbons (Fsp3) is 0.0769. The predicted octanol–water partition coefficient (Wildman–Crippen LogP) is 0.820. The van der Waals surface area contributed by atoms with Crippen LogP contribution < -0.4 is 16.3 Å². The molecule has 7 nitrogen and oxygen atoms in total. The first-order chi connectivity index (χ1) is 10.1. The Kier molecular flexibility index (Phi) is 3.15. The Morgan fingerprint density at radius 1 is 1.38 bits per heavy atom. The lowest BCUT2D eigenvalue weighted by Crippen LogP contribution is -2.18. The quantitative estimate of drug-likeness (QED) is 0.696. The molecule has 8 heteroatoms. The molecule has 0 saturated carbocycles. The van der Waals surface area contributed by atoms with E-state index in [1.165, 1.54) is 4.52 Å². The molecule has 0 amide bonds. The molecule has 2 aromatic heterocycles. The zero-order chi connectivity index (χ0) is 15.0. The fourth-order valence-electron chi connectivity index (χ4n) is 1.97. The van der Waals surface area contributed by atoms with E-state index in [-0.39, 0.29) is 5.69 Å². The molecule has 0 unspecified atom stereocenters. The molecule has 0 aliphatic heterocycles. The Bertz CT molecular complexity index is 883. The van der Waals surface area contributed by atoms with E-state index in [9.17, 15) is 4.79 Å². The van der Waals surface area contributed by atoms with Gasteiger partial charge in [0.25, 0.3) is 0 Å². The molecule has 0 fully saturated rings. The topological polar surface area (TPSA) is 92.3 Å². The predicted molar refractivity (Wildman–Crippen MR) is 84.0 cm³/mol. The molecule has 1 aromatic carbocycles. The third-order valence-electron chi connectivity index (χ3n) is 3.12. The smallest absolute Gasteiger partial charge is 0.364 e. The monoisotopic (exact) mass is 300 g/mol. The molecule has 0 aliphatic carbocycles. The van der Waals surface area contributed by atoms with Gasteiger partial charge in [0.2, 0.25) is 0 Å². The number of benzene rings is 1. The van der Waals surface area contributed by atoms with E-state index in [0.29, 0.717) is 16.5 Å². The van der Waals surface area contributed by atoms with Gasteiger partial charge in [-0.25, -0.2) is 9.89 Å². The lowest BCUT2D eigenvalue weighted by Gasteiger charge is -2.18. The fourth-order valence-corrected chi connectivity index (χ4v) is 2.10. The van der Waals surface area contributed by atoms with Crippen LogP contribution in [0, 0.1) is 0 Å². The number of rotatable bonds is 3. The highest BCUT2D eigenvalue weighted by molar-refractivity contribution is 7.80. The average molecular weight is 300 g/mol. The van der Waals surface area contributed by atoms with Crippen molar-refractivity contribution in [1.82, 2.24) is 19.8 Å². The van der Waals surface area contributed by atoms with Gasteiger partial charge in [0.1, 0.15) is 4.99 Å². The van der Waals surface area contributed by atoms with Crippen LogP contribution in [0.2, 0.25) is 0 Å². The van der Waals surface area contributed by atoms with Gasteiger partial charge in [-0.1, -0.05) is 24.4 Å². The molecule has 0 bridgehead atoms. The molecule has 0 radical (unpaired) electrons. The van der Waals surface area contributed by atoms with E-state index < -0.39 is 0 Å². The summed E-state index contributed by atoms with van der Waals surface area (Å²) in [5.41, 5.74) is 7.37. The molecule has 0 atom stereocenters. The first-order valence-corrected chi connectivity index (χ1v) is 6.55. The summed E-state index contributed by atoms with van der Waals surface area (Å²) < 4.78 is 1.21. The number of anilines is 2. The lowest BCUT2D eigenvalue weighted by atomic mass is 10.2. The van der Waals surface area contributed by atoms with E-state index in [0.717, 1.165) is 11.3 Å². The zero-order valence-corrected chi connectivity index (χ0v) is 12.0. The number of nitrogens with zero attached hydrogens (tertiary/aromatic N) is 4. The van der Waals surface area contributed by atoms with Gasteiger partial charge >= 0.3 is 5.69 Å². The van der Waals surface area contributed by atoms with Crippen LogP contribution >= 0.6 is 12.2 Å². The van der Waals surface area contributed by atoms with Gasteiger partial charge in [0, 0.05) is 18.3 Å². The Hall–Kier alpha value is -2.74. The number of aromatic nitrogens is 4. The summed E-state index contributed by atoms with van der Waals surface area (Å²) >= 11 is 4.98. The van der Waals surface area contributed by atoms with Crippen molar-refractivity contribution in [2.24, 2.45) is 5.73 Å². The first-order valence-electron chi connectivity index (χ1n) is 6.14. The largest absolute Gasteiger partial charge is 0.389 e. The molecular weight excluding hydrogens is 288 g/mol. The minimum Gasteiger partial charge on any atom is -0.389 e. The Balaban J connectivity index is 2.05. The van der Waals surface area contributed by atoms with Crippen LogP contribution in [0.25, 0.3) is 5.65 Å². The van der Waals surface area contributed by atoms with Gasteiger partial charge in [-0.05, 0) is 24.3 Å². The normalized spacial score (nSPS) is 10.7. The molecule has 3 N–H and O–H groups in total. The van der Waals surface area contributed by atoms with Gasteiger partial charge in [-0.2, -0.15) is 9.61 Å². The van der Waals surface area contributed by atoms with Crippen LogP contribution in [0.15, 0.2) is 41.2 Å². The minimum absolute atomic E-state index is 0.333. The highest BCUT2D eigenvalue weighted by atomic mass is 32.1. The third kappa shape index (κ3) is 2.36. The summed E-state index contributed by atoms with van der Waals surface area (Å²) in [5, 5.41) is 10.4. The maximum atomic E-state index is 11.6. The molecule has 0 spiro atoms. The minimum atomic E-state index is -0.378. The van der Waals surface area contributed by atoms with Gasteiger partial charge in [-0.15, -0.1) is 5.10 Å². The second-order valence-corrected chi connectivity index (χ2v) is 4.90. The number of thiocarbonyl (C=S) groups is 1. The Labute approximate surface area is 125 Å². The van der Waals surface area contributed by atoms with Crippen molar-refractivity contribution in [2.45, 2.75) is 0 Å². The maximum Gasteiger partial charge on any atom is 0.364 e. The number of hydrogen-bond donors (Lipinski definition) is 2. The second kappa shape index (κ2) is 4.98. The summed E-state index contributed by atoms with van der Waals surface area (Å²) in [6.07, 6.45) is 0. The van der Waals surface area contributed by atoms with E-state index in [1.54, 1.807) is 12.1 Å². The van der Waals surface area contributed by atoms with E-state index in [2.05, 4.69) is 15.3 Å². The lowest BCUT2D eigenvalue weighted by molar-refractivity contribution is 0.867. The summed E-state index contributed by atoms with van der Waals surface area (Å²) in [6, 6.07) is 11.0. The third-order valence-corrected chi connectivity index (χ3v) is 3.36. The van der Waals surface area contributed by atoms with Crippen LogP contribution in [-0.2, 0) is 0 Å². The first kappa shape index (κ1) is 13.3. The molecule has 2 heterocycles. The maximum absolute atomic E-state index is 11.6. The van der Waals surface area contributed by atoms with Crippen LogP contribution in [0.1, 0.15) is 5.56 Å². The SMILES string of the molecule is CN(c1cccc(C(N)=S)c1)c1ccc2n[nH]c(=O)n2n1. The standard InChI is InChI=1S/C13H12N6OS/c1-18(9-4-2-3-8(7-9)12(14)21)11-6-5-10-15-16-13(20)19(10)17-11/h2-7H,1H3,(H2,14,21)(H,16,20). The van der Waals surface area contributed by atoms with Crippen LogP contribution in [0.4, 0.5) is 11.5 Å². The number of aromatic amines is 1. The van der Waals surface area contributed by atoms with Crippen molar-refractivity contribution < 1.29 is 0 Å². The van der Waals surface area contributed by atoms with Crippen molar-refractivity contribution >= 4 is 34.4 Å². The van der Waals surface area contributed by atoms with E-state index >= 15 is 0 Å². The number of H-pyrrole nitrogens is 1. The molecule has 106 valence electrons. The van der Waals surface area contributed by atoms with Crippen molar-refractivity contribution in [1.29, 1.82) is 0 Å². The summed E-state index contributed by atoms with van der Waals surface area (Å²) in [4.78, 5) is 13.7. The van der Waals surface area contributed by atoms with Crippen LogP contribution in [0.5, 0.6) is 0 Å². The number of nitrogens with two attached hydrogens (primary N) is 1. The van der Waals surface area contributed by atoms with Crippen molar-refractivity contribution in [2.75, 3.05) is 11.9 Å².